The minimum Gasteiger partial charge on any atom is -0.349 e. The summed E-state index contributed by atoms with van der Waals surface area (Å²) >= 11 is 0. The maximum atomic E-state index is 12.0. The predicted octanol–water partition coefficient (Wildman–Crippen LogP) is 1.44. The smallest absolute Gasteiger partial charge is 0.242 e. The molecular weight excluding hydrogens is 250 g/mol. The van der Waals surface area contributed by atoms with Crippen LogP contribution in [0, 0.1) is 0 Å². The number of rotatable bonds is 8. The zero-order valence-corrected chi connectivity index (χ0v) is 12.0. The molecule has 104 valence electrons. The maximum Gasteiger partial charge on any atom is 0.242 e. The summed E-state index contributed by atoms with van der Waals surface area (Å²) < 4.78 is 28.5. The SMILES string of the molecule is CCCCCNS(=O)(=O)c1cc(CN)n(CC)c1. The number of nitrogens with zero attached hydrogens (tertiary/aromatic N) is 1. The van der Waals surface area contributed by atoms with E-state index in [1.54, 1.807) is 12.3 Å². The van der Waals surface area contributed by atoms with Gasteiger partial charge >= 0.3 is 0 Å². The van der Waals surface area contributed by atoms with Crippen molar-refractivity contribution < 1.29 is 8.42 Å². The highest BCUT2D eigenvalue weighted by atomic mass is 32.2. The highest BCUT2D eigenvalue weighted by Gasteiger charge is 2.16. The van der Waals surface area contributed by atoms with E-state index in [2.05, 4.69) is 11.6 Å². The van der Waals surface area contributed by atoms with E-state index in [-0.39, 0.29) is 0 Å². The van der Waals surface area contributed by atoms with Crippen LogP contribution in [0.4, 0.5) is 0 Å². The van der Waals surface area contributed by atoms with Crippen LogP contribution >= 0.6 is 0 Å². The van der Waals surface area contributed by atoms with E-state index in [0.717, 1.165) is 31.5 Å². The highest BCUT2D eigenvalue weighted by molar-refractivity contribution is 7.89. The Balaban J connectivity index is 2.75. The van der Waals surface area contributed by atoms with Crippen LogP contribution in [0.25, 0.3) is 0 Å². The van der Waals surface area contributed by atoms with Gasteiger partial charge in [0.05, 0.1) is 4.90 Å². The van der Waals surface area contributed by atoms with Crippen molar-refractivity contribution in [1.29, 1.82) is 0 Å². The number of hydrogen-bond donors (Lipinski definition) is 2. The van der Waals surface area contributed by atoms with Crippen LogP contribution < -0.4 is 10.5 Å². The minimum atomic E-state index is -3.39. The molecule has 0 unspecified atom stereocenters. The zero-order chi connectivity index (χ0) is 13.6. The Bertz CT molecular complexity index is 444. The van der Waals surface area contributed by atoms with E-state index in [4.69, 9.17) is 5.73 Å². The molecule has 0 aliphatic rings. The third-order valence-electron chi connectivity index (χ3n) is 2.89. The Morgan fingerprint density at radius 2 is 2.06 bits per heavy atom. The maximum absolute atomic E-state index is 12.0. The van der Waals surface area contributed by atoms with Crippen molar-refractivity contribution in [1.82, 2.24) is 9.29 Å². The van der Waals surface area contributed by atoms with E-state index >= 15 is 0 Å². The summed E-state index contributed by atoms with van der Waals surface area (Å²) in [6.45, 7) is 5.61. The molecule has 0 amide bonds. The number of unbranched alkanes of at least 4 members (excludes halogenated alkanes) is 2. The molecule has 1 aromatic rings. The van der Waals surface area contributed by atoms with Crippen LogP contribution in [0.2, 0.25) is 0 Å². The summed E-state index contributed by atoms with van der Waals surface area (Å²) in [5.41, 5.74) is 6.43. The van der Waals surface area contributed by atoms with Gasteiger partial charge in [-0.25, -0.2) is 13.1 Å². The molecule has 0 saturated heterocycles. The van der Waals surface area contributed by atoms with Crippen molar-refractivity contribution in [3.63, 3.8) is 0 Å². The van der Waals surface area contributed by atoms with Gasteiger partial charge in [0.15, 0.2) is 0 Å². The van der Waals surface area contributed by atoms with Gasteiger partial charge in [-0.1, -0.05) is 19.8 Å². The molecule has 0 bridgehead atoms. The summed E-state index contributed by atoms with van der Waals surface area (Å²) in [5, 5.41) is 0. The van der Waals surface area contributed by atoms with E-state index in [0.29, 0.717) is 18.0 Å². The van der Waals surface area contributed by atoms with Crippen molar-refractivity contribution in [2.75, 3.05) is 6.54 Å². The Morgan fingerprint density at radius 1 is 1.33 bits per heavy atom. The van der Waals surface area contributed by atoms with Gasteiger partial charge < -0.3 is 10.3 Å². The van der Waals surface area contributed by atoms with E-state index in [9.17, 15) is 8.42 Å². The van der Waals surface area contributed by atoms with Gasteiger partial charge in [0.2, 0.25) is 10.0 Å². The number of sulfonamides is 1. The summed E-state index contributed by atoms with van der Waals surface area (Å²) in [6, 6.07) is 1.64. The van der Waals surface area contributed by atoms with Gasteiger partial charge in [-0.05, 0) is 19.4 Å². The number of nitrogens with two attached hydrogens (primary N) is 1. The van der Waals surface area contributed by atoms with E-state index in [1.165, 1.54) is 0 Å². The van der Waals surface area contributed by atoms with Gasteiger partial charge in [0.25, 0.3) is 0 Å². The molecule has 0 saturated carbocycles. The van der Waals surface area contributed by atoms with Crippen LogP contribution in [0.1, 0.15) is 38.8 Å². The summed E-state index contributed by atoms with van der Waals surface area (Å²) in [5.74, 6) is 0. The molecule has 1 rings (SSSR count). The molecule has 5 nitrogen and oxygen atoms in total. The average Bonchev–Trinajstić information content (AvgIpc) is 2.78. The molecule has 1 aromatic heterocycles. The quantitative estimate of drug-likeness (QED) is 0.703. The largest absolute Gasteiger partial charge is 0.349 e. The Morgan fingerprint density at radius 3 is 2.56 bits per heavy atom. The topological polar surface area (TPSA) is 77.1 Å². The first-order chi connectivity index (χ1) is 8.55. The number of hydrogen-bond acceptors (Lipinski definition) is 3. The van der Waals surface area contributed by atoms with E-state index in [1.807, 2.05) is 11.5 Å². The molecule has 0 fully saturated rings. The summed E-state index contributed by atoms with van der Waals surface area (Å²) in [7, 11) is -3.39. The average molecular weight is 273 g/mol. The monoisotopic (exact) mass is 273 g/mol. The first-order valence-corrected chi connectivity index (χ1v) is 7.92. The third-order valence-corrected chi connectivity index (χ3v) is 4.32. The molecule has 0 aliphatic carbocycles. The second-order valence-electron chi connectivity index (χ2n) is 4.26. The lowest BCUT2D eigenvalue weighted by molar-refractivity contribution is 0.575. The normalized spacial score (nSPS) is 11.9. The molecule has 6 heteroatoms. The van der Waals surface area contributed by atoms with Crippen LogP contribution in [-0.2, 0) is 23.1 Å². The Labute approximate surface area is 109 Å². The summed E-state index contributed by atoms with van der Waals surface area (Å²) in [4.78, 5) is 0.307. The fourth-order valence-electron chi connectivity index (χ4n) is 1.80. The van der Waals surface area contributed by atoms with Gasteiger partial charge in [-0.2, -0.15) is 0 Å². The van der Waals surface area contributed by atoms with E-state index < -0.39 is 10.0 Å². The zero-order valence-electron chi connectivity index (χ0n) is 11.1. The molecule has 0 spiro atoms. The van der Waals surface area contributed by atoms with Gasteiger partial charge in [-0.15, -0.1) is 0 Å². The summed E-state index contributed by atoms with van der Waals surface area (Å²) in [6.07, 6.45) is 4.62. The highest BCUT2D eigenvalue weighted by Crippen LogP contribution is 2.14. The fraction of sp³-hybridized carbons (Fsp3) is 0.667. The van der Waals surface area contributed by atoms with Crippen LogP contribution in [-0.4, -0.2) is 19.5 Å². The number of aryl methyl sites for hydroxylation is 1. The molecule has 0 aliphatic heterocycles. The van der Waals surface area contributed by atoms with Crippen LogP contribution in [0.5, 0.6) is 0 Å². The second kappa shape index (κ2) is 6.92. The first-order valence-electron chi connectivity index (χ1n) is 6.44. The van der Waals surface area contributed by atoms with Gasteiger partial charge in [0.1, 0.15) is 0 Å². The molecule has 3 N–H and O–H groups in total. The van der Waals surface area contributed by atoms with Crippen LogP contribution in [0.3, 0.4) is 0 Å². The molecule has 0 radical (unpaired) electrons. The molecule has 0 aromatic carbocycles. The Hall–Kier alpha value is -0.850. The minimum absolute atomic E-state index is 0.307. The van der Waals surface area contributed by atoms with Crippen molar-refractivity contribution in [3.8, 4) is 0 Å². The fourth-order valence-corrected chi connectivity index (χ4v) is 2.94. The second-order valence-corrected chi connectivity index (χ2v) is 6.03. The van der Waals surface area contributed by atoms with Crippen LogP contribution in [0.15, 0.2) is 17.2 Å². The standard InChI is InChI=1S/C12H23N3O2S/c1-3-5-6-7-14-18(16,17)12-8-11(9-13)15(4-2)10-12/h8,10,14H,3-7,9,13H2,1-2H3. The first kappa shape index (κ1) is 15.2. The van der Waals surface area contributed by atoms with Crippen molar-refractivity contribution >= 4 is 10.0 Å². The third kappa shape index (κ3) is 3.83. The van der Waals surface area contributed by atoms with Crippen molar-refractivity contribution in [2.24, 2.45) is 5.73 Å². The van der Waals surface area contributed by atoms with Crippen molar-refractivity contribution in [3.05, 3.63) is 18.0 Å². The Kier molecular flexibility index (Phi) is 5.84. The van der Waals surface area contributed by atoms with Gasteiger partial charge in [0, 0.05) is 31.5 Å². The molecule has 1 heterocycles. The lowest BCUT2D eigenvalue weighted by Gasteiger charge is -2.04. The van der Waals surface area contributed by atoms with Crippen molar-refractivity contribution in [2.45, 2.75) is 51.1 Å². The molecule has 0 atom stereocenters. The lowest BCUT2D eigenvalue weighted by atomic mass is 10.3. The molecule has 18 heavy (non-hydrogen) atoms. The van der Waals surface area contributed by atoms with Gasteiger partial charge in [-0.3, -0.25) is 0 Å². The number of aromatic nitrogens is 1. The number of nitrogens with one attached hydrogen (secondary N) is 1. The predicted molar refractivity (Wildman–Crippen MR) is 72.7 cm³/mol. The lowest BCUT2D eigenvalue weighted by Crippen LogP contribution is -2.24. The molecular formula is C12H23N3O2S.